The fraction of sp³-hybridized carbons (Fsp3) is 0.300. The van der Waals surface area contributed by atoms with Crippen LogP contribution in [0.5, 0.6) is 0 Å². The summed E-state index contributed by atoms with van der Waals surface area (Å²) in [6.07, 6.45) is 5.26. The van der Waals surface area contributed by atoms with E-state index in [-0.39, 0.29) is 18.4 Å². The Morgan fingerprint density at radius 3 is 2.93 bits per heavy atom. The van der Waals surface area contributed by atoms with Gasteiger partial charge in [-0.25, -0.2) is 4.98 Å². The van der Waals surface area contributed by atoms with E-state index in [9.17, 15) is 0 Å². The molecule has 0 bridgehead atoms. The second kappa shape index (κ2) is 6.82. The second-order valence-electron chi connectivity index (χ2n) is 2.86. The van der Waals surface area contributed by atoms with E-state index in [1.807, 2.05) is 18.2 Å². The molecule has 1 aromatic rings. The van der Waals surface area contributed by atoms with Crippen molar-refractivity contribution in [2.75, 3.05) is 0 Å². The molecule has 0 unspecified atom stereocenters. The summed E-state index contributed by atoms with van der Waals surface area (Å²) in [7, 11) is 0. The number of nitrogens with zero attached hydrogens (tertiary/aromatic N) is 1. The summed E-state index contributed by atoms with van der Waals surface area (Å²) >= 11 is 5.88. The van der Waals surface area contributed by atoms with Gasteiger partial charge in [-0.15, -0.1) is 19.0 Å². The average Bonchev–Trinajstić information content (AvgIpc) is 2.15. The van der Waals surface area contributed by atoms with Gasteiger partial charge in [-0.1, -0.05) is 23.7 Å². The molecule has 0 spiro atoms. The highest BCUT2D eigenvalue weighted by Crippen LogP contribution is 2.21. The van der Waals surface area contributed by atoms with Crippen LogP contribution in [0.25, 0.3) is 0 Å². The van der Waals surface area contributed by atoms with Crippen molar-refractivity contribution in [3.63, 3.8) is 0 Å². The van der Waals surface area contributed by atoms with Crippen LogP contribution in [0.4, 0.5) is 0 Å². The first-order valence-electron chi connectivity index (χ1n) is 4.22. The van der Waals surface area contributed by atoms with Gasteiger partial charge in [-0.3, -0.25) is 0 Å². The summed E-state index contributed by atoms with van der Waals surface area (Å²) in [4.78, 5) is 3.97. The van der Waals surface area contributed by atoms with Gasteiger partial charge in [0.15, 0.2) is 0 Å². The van der Waals surface area contributed by atoms with Crippen LogP contribution < -0.4 is 5.73 Å². The van der Waals surface area contributed by atoms with Gasteiger partial charge in [0, 0.05) is 17.8 Å². The maximum absolute atomic E-state index is 5.91. The lowest BCUT2D eigenvalue weighted by atomic mass is 10.1. The number of hydrogen-bond acceptors (Lipinski definition) is 2. The zero-order valence-corrected chi connectivity index (χ0v) is 9.39. The predicted molar refractivity (Wildman–Crippen MR) is 62.9 cm³/mol. The number of hydrogen-bond donors (Lipinski definition) is 1. The lowest BCUT2D eigenvalue weighted by Crippen LogP contribution is -2.10. The first-order valence-corrected chi connectivity index (χ1v) is 4.60. The van der Waals surface area contributed by atoms with Crippen LogP contribution in [0.2, 0.25) is 5.15 Å². The zero-order chi connectivity index (χ0) is 9.68. The molecule has 0 saturated carbocycles. The van der Waals surface area contributed by atoms with E-state index in [1.165, 1.54) is 0 Å². The maximum atomic E-state index is 5.91. The molecule has 1 rings (SSSR count). The van der Waals surface area contributed by atoms with Crippen molar-refractivity contribution in [3.05, 3.63) is 41.7 Å². The molecule has 0 radical (unpaired) electrons. The molecule has 0 aliphatic heterocycles. The summed E-state index contributed by atoms with van der Waals surface area (Å²) in [5.41, 5.74) is 6.82. The molecule has 0 aliphatic carbocycles. The zero-order valence-electron chi connectivity index (χ0n) is 7.82. The van der Waals surface area contributed by atoms with Crippen LogP contribution >= 0.6 is 24.0 Å². The van der Waals surface area contributed by atoms with E-state index < -0.39 is 0 Å². The number of halogens is 2. The Morgan fingerprint density at radius 1 is 1.64 bits per heavy atom. The van der Waals surface area contributed by atoms with Gasteiger partial charge in [-0.05, 0) is 18.9 Å². The topological polar surface area (TPSA) is 38.9 Å². The molecule has 14 heavy (non-hydrogen) atoms. The molecule has 0 amide bonds. The van der Waals surface area contributed by atoms with Crippen LogP contribution in [0.15, 0.2) is 31.0 Å². The molecule has 0 fully saturated rings. The van der Waals surface area contributed by atoms with Gasteiger partial charge < -0.3 is 5.73 Å². The van der Waals surface area contributed by atoms with Crippen molar-refractivity contribution in [1.29, 1.82) is 0 Å². The highest BCUT2D eigenvalue weighted by Gasteiger charge is 2.08. The molecule has 2 nitrogen and oxygen atoms in total. The van der Waals surface area contributed by atoms with Gasteiger partial charge in [-0.2, -0.15) is 0 Å². The summed E-state index contributed by atoms with van der Waals surface area (Å²) in [5, 5.41) is 0.499. The quantitative estimate of drug-likeness (QED) is 0.641. The summed E-state index contributed by atoms with van der Waals surface area (Å²) in [6.45, 7) is 3.64. The largest absolute Gasteiger partial charge is 0.324 e. The molecule has 0 aliphatic rings. The molecule has 78 valence electrons. The Bertz CT molecular complexity index is 289. The molecule has 2 N–H and O–H groups in total. The average molecular weight is 233 g/mol. The van der Waals surface area contributed by atoms with Gasteiger partial charge in [0.1, 0.15) is 5.15 Å². The number of allylic oxidation sites excluding steroid dienone is 1. The van der Waals surface area contributed by atoms with Crippen molar-refractivity contribution in [2.45, 2.75) is 18.9 Å². The van der Waals surface area contributed by atoms with Gasteiger partial charge in [0.2, 0.25) is 0 Å². The fourth-order valence-corrected chi connectivity index (χ4v) is 1.39. The third kappa shape index (κ3) is 3.66. The van der Waals surface area contributed by atoms with Gasteiger partial charge >= 0.3 is 0 Å². The lowest BCUT2D eigenvalue weighted by molar-refractivity contribution is 0.659. The van der Waals surface area contributed by atoms with Crippen LogP contribution in [-0.2, 0) is 0 Å². The van der Waals surface area contributed by atoms with Crippen LogP contribution in [-0.4, -0.2) is 4.98 Å². The second-order valence-corrected chi connectivity index (χ2v) is 3.21. The summed E-state index contributed by atoms with van der Waals surface area (Å²) in [6, 6.07) is 3.71. The normalized spacial score (nSPS) is 11.6. The van der Waals surface area contributed by atoms with E-state index in [0.29, 0.717) is 5.15 Å². The maximum Gasteiger partial charge on any atom is 0.133 e. The van der Waals surface area contributed by atoms with E-state index >= 15 is 0 Å². The lowest BCUT2D eigenvalue weighted by Gasteiger charge is -2.11. The molecular formula is C10H14Cl2N2. The summed E-state index contributed by atoms with van der Waals surface area (Å²) in [5.74, 6) is 0. The Labute approximate surface area is 95.6 Å². The van der Waals surface area contributed by atoms with Crippen molar-refractivity contribution in [1.82, 2.24) is 4.98 Å². The Kier molecular flexibility index (Phi) is 6.54. The molecule has 1 atom stereocenters. The third-order valence-corrected chi connectivity index (χ3v) is 2.19. The van der Waals surface area contributed by atoms with Gasteiger partial charge in [0.25, 0.3) is 0 Å². The Balaban J connectivity index is 0.00000169. The number of rotatable bonds is 4. The highest BCUT2D eigenvalue weighted by molar-refractivity contribution is 6.30. The molecular weight excluding hydrogens is 219 g/mol. The van der Waals surface area contributed by atoms with E-state index in [0.717, 1.165) is 18.4 Å². The van der Waals surface area contributed by atoms with Crippen molar-refractivity contribution in [2.24, 2.45) is 5.73 Å². The minimum absolute atomic E-state index is 0. The van der Waals surface area contributed by atoms with Crippen LogP contribution in [0.1, 0.15) is 24.4 Å². The number of aromatic nitrogens is 1. The Morgan fingerprint density at radius 2 is 2.36 bits per heavy atom. The van der Waals surface area contributed by atoms with Crippen molar-refractivity contribution < 1.29 is 0 Å². The third-order valence-electron chi connectivity index (χ3n) is 1.87. The highest BCUT2D eigenvalue weighted by atomic mass is 35.5. The van der Waals surface area contributed by atoms with Crippen molar-refractivity contribution in [3.8, 4) is 0 Å². The van der Waals surface area contributed by atoms with E-state index in [1.54, 1.807) is 6.20 Å². The van der Waals surface area contributed by atoms with Crippen LogP contribution in [0.3, 0.4) is 0 Å². The fourth-order valence-electron chi connectivity index (χ4n) is 1.13. The minimum atomic E-state index is -0.0424. The minimum Gasteiger partial charge on any atom is -0.324 e. The van der Waals surface area contributed by atoms with E-state index in [4.69, 9.17) is 17.3 Å². The molecule has 0 saturated heterocycles. The predicted octanol–water partition coefficient (Wildman–Crippen LogP) is 3.12. The SMILES string of the molecule is C=CCC[C@@H](N)c1cccnc1Cl.Cl. The number of nitrogens with two attached hydrogens (primary N) is 1. The van der Waals surface area contributed by atoms with Gasteiger partial charge in [0.05, 0.1) is 0 Å². The van der Waals surface area contributed by atoms with Crippen LogP contribution in [0, 0.1) is 0 Å². The smallest absolute Gasteiger partial charge is 0.133 e. The molecule has 0 aromatic carbocycles. The van der Waals surface area contributed by atoms with E-state index in [2.05, 4.69) is 11.6 Å². The molecule has 1 heterocycles. The first-order chi connectivity index (χ1) is 6.25. The Hall–Kier alpha value is -0.570. The van der Waals surface area contributed by atoms with Crippen molar-refractivity contribution >= 4 is 24.0 Å². The standard InChI is InChI=1S/C10H13ClN2.ClH/c1-2-3-6-9(12)8-5-4-7-13-10(8)11;/h2,4-5,7,9H,1,3,6,12H2;1H/t9-;/m1./s1. The summed E-state index contributed by atoms with van der Waals surface area (Å²) < 4.78 is 0. The number of pyridine rings is 1. The molecule has 4 heteroatoms. The first kappa shape index (κ1) is 13.4. The monoisotopic (exact) mass is 232 g/mol. The molecule has 1 aromatic heterocycles.